The summed E-state index contributed by atoms with van der Waals surface area (Å²) in [6.07, 6.45) is 0. The SMILES string of the molecule is Cc1ccc(N(Cc2ccccc2)C(C)C)c(CCl)c1. The molecular weight excluding hydrogens is 266 g/mol. The van der Waals surface area contributed by atoms with E-state index in [2.05, 4.69) is 74.2 Å². The minimum atomic E-state index is 0.430. The van der Waals surface area contributed by atoms with Crippen molar-refractivity contribution in [3.8, 4) is 0 Å². The average molecular weight is 288 g/mol. The van der Waals surface area contributed by atoms with Gasteiger partial charge in [-0.05, 0) is 38.0 Å². The van der Waals surface area contributed by atoms with E-state index in [9.17, 15) is 0 Å². The van der Waals surface area contributed by atoms with Crippen LogP contribution in [0.5, 0.6) is 0 Å². The van der Waals surface area contributed by atoms with Gasteiger partial charge in [-0.1, -0.05) is 48.0 Å². The molecule has 0 heterocycles. The number of hydrogen-bond acceptors (Lipinski definition) is 1. The van der Waals surface area contributed by atoms with Crippen molar-refractivity contribution in [3.05, 3.63) is 65.2 Å². The number of benzene rings is 2. The van der Waals surface area contributed by atoms with Crippen molar-refractivity contribution in [2.45, 2.75) is 39.2 Å². The van der Waals surface area contributed by atoms with Gasteiger partial charge in [0.05, 0.1) is 0 Å². The Balaban J connectivity index is 2.34. The molecule has 0 bridgehead atoms. The maximum Gasteiger partial charge on any atom is 0.0494 e. The molecule has 0 N–H and O–H groups in total. The third kappa shape index (κ3) is 3.55. The Morgan fingerprint density at radius 2 is 1.75 bits per heavy atom. The molecule has 20 heavy (non-hydrogen) atoms. The van der Waals surface area contributed by atoms with Gasteiger partial charge in [-0.3, -0.25) is 0 Å². The van der Waals surface area contributed by atoms with Crippen LogP contribution in [-0.2, 0) is 12.4 Å². The van der Waals surface area contributed by atoms with Crippen molar-refractivity contribution in [1.29, 1.82) is 0 Å². The van der Waals surface area contributed by atoms with Gasteiger partial charge in [0.2, 0.25) is 0 Å². The highest BCUT2D eigenvalue weighted by atomic mass is 35.5. The summed E-state index contributed by atoms with van der Waals surface area (Å²) in [5.74, 6) is 0.551. The third-order valence-corrected chi connectivity index (χ3v) is 3.80. The van der Waals surface area contributed by atoms with Gasteiger partial charge in [0.1, 0.15) is 0 Å². The quantitative estimate of drug-likeness (QED) is 0.688. The first-order chi connectivity index (χ1) is 9.61. The van der Waals surface area contributed by atoms with Crippen LogP contribution >= 0.6 is 11.6 Å². The fourth-order valence-corrected chi connectivity index (χ4v) is 2.64. The molecule has 0 aliphatic rings. The number of alkyl halides is 1. The normalized spacial score (nSPS) is 10.8. The molecule has 0 amide bonds. The predicted molar refractivity (Wildman–Crippen MR) is 88.5 cm³/mol. The number of anilines is 1. The van der Waals surface area contributed by atoms with E-state index in [-0.39, 0.29) is 0 Å². The van der Waals surface area contributed by atoms with Crippen molar-refractivity contribution in [2.75, 3.05) is 4.90 Å². The van der Waals surface area contributed by atoms with E-state index in [1.807, 2.05) is 0 Å². The first-order valence-electron chi connectivity index (χ1n) is 7.08. The van der Waals surface area contributed by atoms with Crippen LogP contribution in [0.4, 0.5) is 5.69 Å². The lowest BCUT2D eigenvalue weighted by Crippen LogP contribution is -2.30. The lowest BCUT2D eigenvalue weighted by atomic mass is 10.1. The van der Waals surface area contributed by atoms with Crippen LogP contribution in [0.1, 0.15) is 30.5 Å². The zero-order valence-electron chi connectivity index (χ0n) is 12.4. The van der Waals surface area contributed by atoms with Crippen LogP contribution in [0.25, 0.3) is 0 Å². The van der Waals surface area contributed by atoms with Gasteiger partial charge >= 0.3 is 0 Å². The van der Waals surface area contributed by atoms with E-state index < -0.39 is 0 Å². The van der Waals surface area contributed by atoms with Gasteiger partial charge in [0.15, 0.2) is 0 Å². The second-order valence-corrected chi connectivity index (χ2v) is 5.74. The summed E-state index contributed by atoms with van der Waals surface area (Å²) in [4.78, 5) is 2.41. The molecule has 106 valence electrons. The van der Waals surface area contributed by atoms with Gasteiger partial charge in [0, 0.05) is 24.2 Å². The summed E-state index contributed by atoms with van der Waals surface area (Å²) in [5.41, 5.74) is 5.02. The van der Waals surface area contributed by atoms with Crippen molar-refractivity contribution < 1.29 is 0 Å². The highest BCUT2D eigenvalue weighted by Gasteiger charge is 2.14. The molecule has 0 aromatic heterocycles. The lowest BCUT2D eigenvalue weighted by molar-refractivity contribution is 0.680. The lowest BCUT2D eigenvalue weighted by Gasteiger charge is -2.31. The number of rotatable bonds is 5. The highest BCUT2D eigenvalue weighted by molar-refractivity contribution is 6.17. The fraction of sp³-hybridized carbons (Fsp3) is 0.333. The van der Waals surface area contributed by atoms with E-state index in [1.54, 1.807) is 0 Å². The Kier molecular flexibility index (Phi) is 5.08. The summed E-state index contributed by atoms with van der Waals surface area (Å²) in [6.45, 7) is 7.46. The van der Waals surface area contributed by atoms with E-state index in [0.29, 0.717) is 11.9 Å². The molecule has 0 saturated carbocycles. The maximum atomic E-state index is 6.13. The topological polar surface area (TPSA) is 3.24 Å². The van der Waals surface area contributed by atoms with Crippen molar-refractivity contribution in [3.63, 3.8) is 0 Å². The summed E-state index contributed by atoms with van der Waals surface area (Å²) in [5, 5.41) is 0. The Hall–Kier alpha value is -1.47. The summed E-state index contributed by atoms with van der Waals surface area (Å²) >= 11 is 6.13. The molecule has 0 atom stereocenters. The fourth-order valence-electron chi connectivity index (χ4n) is 2.43. The summed E-state index contributed by atoms with van der Waals surface area (Å²) in [7, 11) is 0. The molecule has 0 spiro atoms. The molecule has 0 saturated heterocycles. The Morgan fingerprint density at radius 3 is 2.35 bits per heavy atom. The third-order valence-electron chi connectivity index (χ3n) is 3.51. The Bertz CT molecular complexity index is 549. The van der Waals surface area contributed by atoms with Gasteiger partial charge in [-0.2, -0.15) is 0 Å². The minimum Gasteiger partial charge on any atom is -0.365 e. The first kappa shape index (κ1) is 14.9. The molecular formula is C18H22ClN. The van der Waals surface area contributed by atoms with Crippen LogP contribution < -0.4 is 4.90 Å². The summed E-state index contributed by atoms with van der Waals surface area (Å²) < 4.78 is 0. The second-order valence-electron chi connectivity index (χ2n) is 5.47. The van der Waals surface area contributed by atoms with Gasteiger partial charge in [0.25, 0.3) is 0 Å². The second kappa shape index (κ2) is 6.81. The van der Waals surface area contributed by atoms with Crippen LogP contribution in [-0.4, -0.2) is 6.04 Å². The monoisotopic (exact) mass is 287 g/mol. The predicted octanol–water partition coefficient (Wildman–Crippen LogP) is 5.15. The molecule has 1 nitrogen and oxygen atoms in total. The number of halogens is 1. The Labute approximate surface area is 127 Å². The molecule has 0 fully saturated rings. The van der Waals surface area contributed by atoms with E-state index >= 15 is 0 Å². The molecule has 0 radical (unpaired) electrons. The summed E-state index contributed by atoms with van der Waals surface area (Å²) in [6, 6.07) is 17.5. The highest BCUT2D eigenvalue weighted by Crippen LogP contribution is 2.27. The average Bonchev–Trinajstić information content (AvgIpc) is 2.46. The molecule has 2 rings (SSSR count). The van der Waals surface area contributed by atoms with E-state index in [1.165, 1.54) is 22.4 Å². The first-order valence-corrected chi connectivity index (χ1v) is 7.61. The van der Waals surface area contributed by atoms with Crippen molar-refractivity contribution in [2.24, 2.45) is 0 Å². The maximum absolute atomic E-state index is 6.13. The van der Waals surface area contributed by atoms with Crippen LogP contribution in [0.15, 0.2) is 48.5 Å². The molecule has 0 unspecified atom stereocenters. The van der Waals surface area contributed by atoms with Gasteiger partial charge < -0.3 is 4.90 Å². The van der Waals surface area contributed by atoms with Crippen LogP contribution in [0, 0.1) is 6.92 Å². The molecule has 0 aliphatic carbocycles. The zero-order valence-corrected chi connectivity index (χ0v) is 13.2. The molecule has 2 aromatic rings. The Morgan fingerprint density at radius 1 is 1.05 bits per heavy atom. The van der Waals surface area contributed by atoms with Gasteiger partial charge in [-0.15, -0.1) is 11.6 Å². The van der Waals surface area contributed by atoms with Crippen molar-refractivity contribution in [1.82, 2.24) is 0 Å². The van der Waals surface area contributed by atoms with E-state index in [0.717, 1.165) is 6.54 Å². The molecule has 0 aliphatic heterocycles. The number of nitrogens with zero attached hydrogens (tertiary/aromatic N) is 1. The standard InChI is InChI=1S/C18H22ClN/c1-14(2)20(13-16-7-5-4-6-8-16)18-10-9-15(3)11-17(18)12-19/h4-11,14H,12-13H2,1-3H3. The van der Waals surface area contributed by atoms with Gasteiger partial charge in [-0.25, -0.2) is 0 Å². The number of hydrogen-bond donors (Lipinski definition) is 0. The largest absolute Gasteiger partial charge is 0.365 e. The van der Waals surface area contributed by atoms with Crippen molar-refractivity contribution >= 4 is 17.3 Å². The van der Waals surface area contributed by atoms with Crippen LogP contribution in [0.3, 0.4) is 0 Å². The number of aryl methyl sites for hydroxylation is 1. The zero-order chi connectivity index (χ0) is 14.5. The molecule has 2 heteroatoms. The van der Waals surface area contributed by atoms with Crippen LogP contribution in [0.2, 0.25) is 0 Å². The smallest absolute Gasteiger partial charge is 0.0494 e. The van der Waals surface area contributed by atoms with E-state index in [4.69, 9.17) is 11.6 Å². The molecule has 2 aromatic carbocycles. The minimum absolute atomic E-state index is 0.430.